The summed E-state index contributed by atoms with van der Waals surface area (Å²) in [6.45, 7) is 0.690. The van der Waals surface area contributed by atoms with Crippen molar-refractivity contribution in [2.75, 3.05) is 5.32 Å². The minimum Gasteiger partial charge on any atom is -0.380 e. The van der Waals surface area contributed by atoms with E-state index in [-0.39, 0.29) is 11.1 Å². The van der Waals surface area contributed by atoms with Crippen LogP contribution in [0.1, 0.15) is 26.2 Å². The number of alkyl halides is 3. The average Bonchev–Trinajstić information content (AvgIpc) is 2.73. The molecule has 0 spiro atoms. The minimum absolute atomic E-state index is 0.183. The Balaban J connectivity index is 2.16. The maximum Gasteiger partial charge on any atom is 0.408 e. The van der Waals surface area contributed by atoms with Gasteiger partial charge in [-0.2, -0.15) is 18.3 Å². The molecule has 112 valence electrons. The maximum atomic E-state index is 12.3. The van der Waals surface area contributed by atoms with Crippen LogP contribution in [0.15, 0.2) is 11.0 Å². The van der Waals surface area contributed by atoms with Crippen molar-refractivity contribution in [2.24, 2.45) is 5.92 Å². The van der Waals surface area contributed by atoms with Crippen molar-refractivity contribution in [3.8, 4) is 0 Å². The summed E-state index contributed by atoms with van der Waals surface area (Å²) in [4.78, 5) is 11.7. The van der Waals surface area contributed by atoms with E-state index in [1.54, 1.807) is 0 Å². The van der Waals surface area contributed by atoms with E-state index in [9.17, 15) is 18.0 Å². The monoisotopic (exact) mass is 309 g/mol. The highest BCUT2D eigenvalue weighted by molar-refractivity contribution is 6.32. The molecule has 0 aromatic carbocycles. The van der Waals surface area contributed by atoms with Gasteiger partial charge in [-0.15, -0.1) is 0 Å². The smallest absolute Gasteiger partial charge is 0.380 e. The van der Waals surface area contributed by atoms with Crippen LogP contribution in [0.3, 0.4) is 0 Å². The number of aromatic nitrogens is 2. The van der Waals surface area contributed by atoms with Crippen LogP contribution in [-0.4, -0.2) is 22.0 Å². The lowest BCUT2D eigenvalue weighted by atomic mass is 10.1. The molecule has 1 N–H and O–H groups in total. The standard InChI is InChI=1S/C12H15ClF3N3O/c1-7-2-3-8(4-7)18-9-5-17-19(6-12(14,15)16)11(20)10(9)13/h5,7-8,18H,2-4,6H2,1H3. The molecule has 0 bridgehead atoms. The summed E-state index contributed by atoms with van der Waals surface area (Å²) < 4.78 is 37.1. The van der Waals surface area contributed by atoms with Crippen LogP contribution in [0, 0.1) is 5.92 Å². The Hall–Kier alpha value is -1.24. The highest BCUT2D eigenvalue weighted by atomic mass is 35.5. The minimum atomic E-state index is -4.50. The van der Waals surface area contributed by atoms with Gasteiger partial charge in [0.15, 0.2) is 0 Å². The molecule has 4 nitrogen and oxygen atoms in total. The molecule has 2 rings (SSSR count). The first-order valence-electron chi connectivity index (χ1n) is 6.35. The molecule has 8 heteroatoms. The van der Waals surface area contributed by atoms with Gasteiger partial charge in [-0.1, -0.05) is 18.5 Å². The number of nitrogens with zero attached hydrogens (tertiary/aromatic N) is 2. The average molecular weight is 310 g/mol. The van der Waals surface area contributed by atoms with Crippen molar-refractivity contribution >= 4 is 17.3 Å². The summed E-state index contributed by atoms with van der Waals surface area (Å²) in [6, 6.07) is 0.183. The molecule has 20 heavy (non-hydrogen) atoms. The van der Waals surface area contributed by atoms with Gasteiger partial charge in [-0.25, -0.2) is 4.68 Å². The first-order valence-corrected chi connectivity index (χ1v) is 6.73. The Morgan fingerprint density at radius 2 is 2.20 bits per heavy atom. The number of halogens is 4. The summed E-state index contributed by atoms with van der Waals surface area (Å²) in [5.41, 5.74) is -0.630. The maximum absolute atomic E-state index is 12.3. The first-order chi connectivity index (χ1) is 9.26. The molecule has 2 atom stereocenters. The zero-order valence-corrected chi connectivity index (χ0v) is 11.6. The zero-order valence-electron chi connectivity index (χ0n) is 10.9. The highest BCUT2D eigenvalue weighted by Crippen LogP contribution is 2.28. The van der Waals surface area contributed by atoms with E-state index in [1.165, 1.54) is 6.20 Å². The van der Waals surface area contributed by atoms with Crippen LogP contribution < -0.4 is 10.9 Å². The number of hydrogen-bond acceptors (Lipinski definition) is 3. The summed E-state index contributed by atoms with van der Waals surface area (Å²) in [5.74, 6) is 0.588. The van der Waals surface area contributed by atoms with E-state index in [1.807, 2.05) is 0 Å². The third-order valence-corrected chi connectivity index (χ3v) is 3.73. The van der Waals surface area contributed by atoms with E-state index in [4.69, 9.17) is 11.6 Å². The van der Waals surface area contributed by atoms with E-state index in [0.29, 0.717) is 16.3 Å². The number of anilines is 1. The van der Waals surface area contributed by atoms with Crippen LogP contribution in [-0.2, 0) is 6.54 Å². The third-order valence-electron chi connectivity index (χ3n) is 3.37. The van der Waals surface area contributed by atoms with Gasteiger partial charge < -0.3 is 5.32 Å². The van der Waals surface area contributed by atoms with Crippen LogP contribution >= 0.6 is 11.6 Å². The van der Waals surface area contributed by atoms with Crippen molar-refractivity contribution in [3.05, 3.63) is 21.6 Å². The fourth-order valence-corrected chi connectivity index (χ4v) is 2.61. The fourth-order valence-electron chi connectivity index (χ4n) is 2.41. The van der Waals surface area contributed by atoms with Crippen molar-refractivity contribution in [3.63, 3.8) is 0 Å². The molecule has 1 aliphatic carbocycles. The zero-order chi connectivity index (χ0) is 14.9. The summed E-state index contributed by atoms with van der Waals surface area (Å²) in [7, 11) is 0. The topological polar surface area (TPSA) is 46.9 Å². The van der Waals surface area contributed by atoms with Gasteiger partial charge in [-0.05, 0) is 25.2 Å². The molecule has 0 radical (unpaired) electrons. The van der Waals surface area contributed by atoms with E-state index in [2.05, 4.69) is 17.3 Å². The second kappa shape index (κ2) is 5.63. The molecule has 1 aromatic rings. The Bertz CT molecular complexity index is 544. The quantitative estimate of drug-likeness (QED) is 0.933. The van der Waals surface area contributed by atoms with Gasteiger partial charge in [-0.3, -0.25) is 4.79 Å². The van der Waals surface area contributed by atoms with E-state index in [0.717, 1.165) is 19.3 Å². The Kier molecular flexibility index (Phi) is 4.27. The second-order valence-electron chi connectivity index (χ2n) is 5.21. The molecule has 1 heterocycles. The molecule has 0 amide bonds. The van der Waals surface area contributed by atoms with Crippen LogP contribution in [0.2, 0.25) is 5.02 Å². The third kappa shape index (κ3) is 3.65. The predicted molar refractivity (Wildman–Crippen MR) is 70.0 cm³/mol. The second-order valence-corrected chi connectivity index (χ2v) is 5.59. The predicted octanol–water partition coefficient (Wildman–Crippen LogP) is 3.06. The molecule has 1 aliphatic rings. The lowest BCUT2D eigenvalue weighted by Crippen LogP contribution is -2.31. The number of rotatable bonds is 3. The van der Waals surface area contributed by atoms with Gasteiger partial charge in [0, 0.05) is 6.04 Å². The van der Waals surface area contributed by atoms with E-state index < -0.39 is 18.3 Å². The van der Waals surface area contributed by atoms with Crippen molar-refractivity contribution in [2.45, 2.75) is 44.9 Å². The number of hydrogen-bond donors (Lipinski definition) is 1. The molecule has 1 aromatic heterocycles. The fraction of sp³-hybridized carbons (Fsp3) is 0.667. The van der Waals surface area contributed by atoms with Crippen molar-refractivity contribution in [1.29, 1.82) is 0 Å². The SMILES string of the molecule is CC1CCC(Nc2cnn(CC(F)(F)F)c(=O)c2Cl)C1. The largest absolute Gasteiger partial charge is 0.408 e. The van der Waals surface area contributed by atoms with Crippen LogP contribution in [0.4, 0.5) is 18.9 Å². The Morgan fingerprint density at radius 1 is 1.50 bits per heavy atom. The summed E-state index contributed by atoms with van der Waals surface area (Å²) in [6.07, 6.45) is -0.354. The Labute approximate surface area is 118 Å². The molecular formula is C12H15ClF3N3O. The molecule has 0 aliphatic heterocycles. The van der Waals surface area contributed by atoms with Gasteiger partial charge >= 0.3 is 6.18 Å². The van der Waals surface area contributed by atoms with Gasteiger partial charge in [0.1, 0.15) is 11.6 Å². The molecule has 1 saturated carbocycles. The van der Waals surface area contributed by atoms with Gasteiger partial charge in [0.05, 0.1) is 11.9 Å². The molecule has 1 fully saturated rings. The first kappa shape index (κ1) is 15.2. The van der Waals surface area contributed by atoms with Crippen LogP contribution in [0.5, 0.6) is 0 Å². The van der Waals surface area contributed by atoms with Gasteiger partial charge in [0.2, 0.25) is 0 Å². The van der Waals surface area contributed by atoms with Crippen molar-refractivity contribution < 1.29 is 13.2 Å². The number of nitrogens with one attached hydrogen (secondary N) is 1. The van der Waals surface area contributed by atoms with E-state index >= 15 is 0 Å². The normalized spacial score (nSPS) is 23.1. The van der Waals surface area contributed by atoms with Crippen molar-refractivity contribution in [1.82, 2.24) is 9.78 Å². The Morgan fingerprint density at radius 3 is 2.75 bits per heavy atom. The lowest BCUT2D eigenvalue weighted by molar-refractivity contribution is -0.143. The summed E-state index contributed by atoms with van der Waals surface area (Å²) in [5, 5.41) is 6.36. The lowest BCUT2D eigenvalue weighted by Gasteiger charge is -2.16. The van der Waals surface area contributed by atoms with Crippen LogP contribution in [0.25, 0.3) is 0 Å². The highest BCUT2D eigenvalue weighted by Gasteiger charge is 2.30. The molecule has 0 saturated heterocycles. The molecular weight excluding hydrogens is 295 g/mol. The van der Waals surface area contributed by atoms with Gasteiger partial charge in [0.25, 0.3) is 5.56 Å². The molecule has 2 unspecified atom stereocenters. The summed E-state index contributed by atoms with van der Waals surface area (Å²) >= 11 is 5.84.